The van der Waals surface area contributed by atoms with Crippen molar-refractivity contribution in [2.75, 3.05) is 18.9 Å². The van der Waals surface area contributed by atoms with Crippen LogP contribution in [0.15, 0.2) is 12.5 Å². The number of hydrogen-bond acceptors (Lipinski definition) is 9. The molecule has 0 aromatic carbocycles. The molecule has 0 aliphatic heterocycles. The Labute approximate surface area is 190 Å². The maximum absolute atomic E-state index is 12.8. The van der Waals surface area contributed by atoms with E-state index in [1.807, 2.05) is 0 Å². The predicted molar refractivity (Wildman–Crippen MR) is 118 cm³/mol. The number of nitrogens with two attached hydrogens (primary N) is 2. The van der Waals surface area contributed by atoms with Crippen molar-refractivity contribution in [3.63, 3.8) is 0 Å². The molecule has 1 rings (SSSR count). The molecule has 0 aliphatic rings. The summed E-state index contributed by atoms with van der Waals surface area (Å²) in [4.78, 5) is 55.3. The molecule has 0 saturated heterocycles. The number of aromatic nitrogens is 2. The lowest BCUT2D eigenvalue weighted by atomic mass is 10.1. The number of imidazole rings is 1. The van der Waals surface area contributed by atoms with Gasteiger partial charge in [0.1, 0.15) is 18.1 Å². The molecule has 1 aromatic heterocycles. The van der Waals surface area contributed by atoms with Gasteiger partial charge < -0.3 is 42.6 Å². The van der Waals surface area contributed by atoms with Gasteiger partial charge in [0.15, 0.2) is 0 Å². The summed E-state index contributed by atoms with van der Waals surface area (Å²) < 4.78 is 0. The van der Waals surface area contributed by atoms with E-state index in [4.69, 9.17) is 16.6 Å². The fourth-order valence-electron chi connectivity index (χ4n) is 2.67. The van der Waals surface area contributed by atoms with Crippen LogP contribution in [0.4, 0.5) is 0 Å². The topological polar surface area (TPSA) is 226 Å². The molecule has 32 heavy (non-hydrogen) atoms. The maximum Gasteiger partial charge on any atom is 0.327 e. The first-order chi connectivity index (χ1) is 15.2. The van der Waals surface area contributed by atoms with Gasteiger partial charge in [0.25, 0.3) is 0 Å². The quantitative estimate of drug-likeness (QED) is 0.0925. The van der Waals surface area contributed by atoms with E-state index in [-0.39, 0.29) is 12.2 Å². The summed E-state index contributed by atoms with van der Waals surface area (Å²) in [5.41, 5.74) is 11.9. The number of carboxylic acids is 1. The number of H-pyrrole nitrogens is 1. The fourth-order valence-corrected chi connectivity index (χ4v) is 2.92. The average Bonchev–Trinajstić information content (AvgIpc) is 3.27. The van der Waals surface area contributed by atoms with E-state index in [0.717, 1.165) is 0 Å². The van der Waals surface area contributed by atoms with Gasteiger partial charge in [-0.25, -0.2) is 9.78 Å². The number of aliphatic hydroxyl groups is 1. The highest BCUT2D eigenvalue weighted by atomic mass is 32.1. The van der Waals surface area contributed by atoms with Gasteiger partial charge in [-0.3, -0.25) is 14.4 Å². The number of hydrogen-bond donors (Lipinski definition) is 9. The summed E-state index contributed by atoms with van der Waals surface area (Å²) in [6.45, 7) is -0.320. The van der Waals surface area contributed by atoms with E-state index in [2.05, 4.69) is 38.5 Å². The van der Waals surface area contributed by atoms with Crippen molar-refractivity contribution in [2.24, 2.45) is 11.5 Å². The van der Waals surface area contributed by atoms with E-state index in [1.54, 1.807) is 0 Å². The predicted octanol–water partition coefficient (Wildman–Crippen LogP) is -3.13. The number of nitrogens with one attached hydrogen (secondary N) is 4. The van der Waals surface area contributed by atoms with Crippen LogP contribution in [0.5, 0.6) is 0 Å². The van der Waals surface area contributed by atoms with Crippen molar-refractivity contribution >= 4 is 36.3 Å². The van der Waals surface area contributed by atoms with Crippen LogP contribution in [0.1, 0.15) is 25.0 Å². The molecule has 4 unspecified atom stereocenters. The minimum absolute atomic E-state index is 0.0151. The van der Waals surface area contributed by atoms with Gasteiger partial charge in [0.2, 0.25) is 17.7 Å². The summed E-state index contributed by atoms with van der Waals surface area (Å²) in [5.74, 6) is -3.74. The van der Waals surface area contributed by atoms with Gasteiger partial charge in [-0.05, 0) is 19.4 Å². The Hall–Kier alpha value is -2.68. The number of nitrogens with zero attached hydrogens (tertiary/aromatic N) is 1. The van der Waals surface area contributed by atoms with Crippen molar-refractivity contribution in [3.8, 4) is 0 Å². The summed E-state index contributed by atoms with van der Waals surface area (Å²) >= 11 is 3.85. The lowest BCUT2D eigenvalue weighted by Gasteiger charge is -2.24. The summed E-state index contributed by atoms with van der Waals surface area (Å²) in [6.07, 6.45) is 4.61. The molecule has 10 N–H and O–H groups in total. The second-order valence-corrected chi connectivity index (χ2v) is 7.42. The molecule has 1 aromatic rings. The van der Waals surface area contributed by atoms with E-state index in [9.17, 15) is 24.3 Å². The molecule has 4 atom stereocenters. The summed E-state index contributed by atoms with van der Waals surface area (Å²) in [7, 11) is 0. The first-order valence-corrected chi connectivity index (χ1v) is 10.6. The van der Waals surface area contributed by atoms with E-state index in [1.165, 1.54) is 12.5 Å². The highest BCUT2D eigenvalue weighted by Crippen LogP contribution is 2.03. The van der Waals surface area contributed by atoms with Crippen LogP contribution in [0.25, 0.3) is 0 Å². The van der Waals surface area contributed by atoms with Crippen LogP contribution in [0, 0.1) is 0 Å². The number of thiol groups is 1. The van der Waals surface area contributed by atoms with Crippen molar-refractivity contribution in [1.29, 1.82) is 0 Å². The first kappa shape index (κ1) is 27.4. The number of aromatic amines is 1. The van der Waals surface area contributed by atoms with Crippen LogP contribution in [0.3, 0.4) is 0 Å². The van der Waals surface area contributed by atoms with Crippen molar-refractivity contribution in [3.05, 3.63) is 18.2 Å². The first-order valence-electron chi connectivity index (χ1n) is 10.0. The molecule has 0 spiro atoms. The normalized spacial score (nSPS) is 14.6. The Bertz CT molecular complexity index is 748. The van der Waals surface area contributed by atoms with E-state index >= 15 is 0 Å². The van der Waals surface area contributed by atoms with Gasteiger partial charge in [-0.2, -0.15) is 12.6 Å². The van der Waals surface area contributed by atoms with Crippen LogP contribution in [-0.4, -0.2) is 86.9 Å². The molecule has 0 radical (unpaired) electrons. The van der Waals surface area contributed by atoms with Gasteiger partial charge in [-0.1, -0.05) is 6.42 Å². The molecule has 0 bridgehead atoms. The molecule has 3 amide bonds. The SMILES string of the molecule is NCCCCC(N)C(=O)NC(Cc1cnc[nH]1)C(=O)NC(CO)C(=O)NC(CS)C(=O)O. The highest BCUT2D eigenvalue weighted by Gasteiger charge is 2.30. The molecular formula is C18H31N7O6S. The Morgan fingerprint density at radius 2 is 1.69 bits per heavy atom. The van der Waals surface area contributed by atoms with Crippen LogP contribution < -0.4 is 27.4 Å². The maximum atomic E-state index is 12.8. The Kier molecular flexibility index (Phi) is 12.3. The third-order valence-electron chi connectivity index (χ3n) is 4.53. The number of rotatable bonds is 15. The fraction of sp³-hybridized carbons (Fsp3) is 0.611. The minimum atomic E-state index is -1.44. The molecular weight excluding hydrogens is 442 g/mol. The van der Waals surface area contributed by atoms with Gasteiger partial charge in [0, 0.05) is 24.1 Å². The van der Waals surface area contributed by atoms with Crippen LogP contribution >= 0.6 is 12.6 Å². The number of carbonyl (C=O) groups is 4. The molecule has 180 valence electrons. The molecule has 0 saturated carbocycles. The number of aliphatic carboxylic acids is 1. The lowest BCUT2D eigenvalue weighted by molar-refractivity contribution is -0.142. The second kappa shape index (κ2) is 14.4. The zero-order chi connectivity index (χ0) is 24.1. The van der Waals surface area contributed by atoms with Gasteiger partial charge in [-0.15, -0.1) is 0 Å². The largest absolute Gasteiger partial charge is 0.480 e. The Morgan fingerprint density at radius 3 is 2.22 bits per heavy atom. The summed E-state index contributed by atoms with van der Waals surface area (Å²) in [5, 5.41) is 25.6. The van der Waals surface area contributed by atoms with Gasteiger partial charge >= 0.3 is 5.97 Å². The lowest BCUT2D eigenvalue weighted by Crippen LogP contribution is -2.58. The minimum Gasteiger partial charge on any atom is -0.480 e. The molecule has 0 aliphatic carbocycles. The van der Waals surface area contributed by atoms with E-state index < -0.39 is 54.5 Å². The number of aliphatic hydroxyl groups excluding tert-OH is 1. The zero-order valence-corrected chi connectivity index (χ0v) is 18.4. The highest BCUT2D eigenvalue weighted by molar-refractivity contribution is 7.80. The average molecular weight is 474 g/mol. The van der Waals surface area contributed by atoms with Crippen molar-refractivity contribution in [2.45, 2.75) is 49.9 Å². The van der Waals surface area contributed by atoms with Gasteiger partial charge in [0.05, 0.1) is 19.0 Å². The van der Waals surface area contributed by atoms with Crippen molar-refractivity contribution < 1.29 is 29.4 Å². The summed E-state index contributed by atoms with van der Waals surface area (Å²) in [6, 6.07) is -4.74. The number of carbonyl (C=O) groups excluding carboxylic acids is 3. The molecule has 0 fully saturated rings. The Balaban J connectivity index is 2.86. The van der Waals surface area contributed by atoms with Crippen LogP contribution in [-0.2, 0) is 25.6 Å². The smallest absolute Gasteiger partial charge is 0.327 e. The third-order valence-corrected chi connectivity index (χ3v) is 4.90. The van der Waals surface area contributed by atoms with Crippen molar-refractivity contribution in [1.82, 2.24) is 25.9 Å². The molecule has 14 heteroatoms. The Morgan fingerprint density at radius 1 is 1.06 bits per heavy atom. The van der Waals surface area contributed by atoms with E-state index in [0.29, 0.717) is 31.5 Å². The molecule has 1 heterocycles. The van der Waals surface area contributed by atoms with Crippen LogP contribution in [0.2, 0.25) is 0 Å². The number of unbranched alkanes of at least 4 members (excludes halogenated alkanes) is 1. The molecule has 13 nitrogen and oxygen atoms in total. The second-order valence-electron chi connectivity index (χ2n) is 7.06. The number of carboxylic acid groups (broad SMARTS) is 1. The zero-order valence-electron chi connectivity index (χ0n) is 17.5. The third kappa shape index (κ3) is 9.21. The standard InChI is InChI=1S/C18H31N7O6S/c19-4-2-1-3-11(20)15(27)23-12(5-10-6-21-9-22-10)16(28)24-13(7-26)17(29)25-14(8-32)18(30)31/h6,9,11-14,26,32H,1-5,7-8,19-20H2,(H,21,22)(H,23,27)(H,24,28)(H,25,29)(H,30,31). The number of amides is 3. The monoisotopic (exact) mass is 473 g/mol.